The largest absolute Gasteiger partial charge is 0.405 e. The number of hydrogen-bond acceptors (Lipinski definition) is 4. The lowest BCUT2D eigenvalue weighted by molar-refractivity contribution is -0.138. The number of carbonyl (C=O) groups excluding carboxylic acids is 1. The quantitative estimate of drug-likeness (QED) is 0.821. The number of nitrogens with one attached hydrogen (secondary N) is 1. The van der Waals surface area contributed by atoms with Gasteiger partial charge in [0, 0.05) is 22.8 Å². The molecule has 0 saturated heterocycles. The Hall–Kier alpha value is -1.29. The van der Waals surface area contributed by atoms with Crippen molar-refractivity contribution in [2.75, 3.05) is 6.54 Å². The van der Waals surface area contributed by atoms with Gasteiger partial charge in [0.05, 0.1) is 0 Å². The first kappa shape index (κ1) is 17.8. The lowest BCUT2D eigenvalue weighted by Crippen LogP contribution is -2.36. The third kappa shape index (κ3) is 5.54. The maximum Gasteiger partial charge on any atom is 0.405 e. The minimum Gasteiger partial charge on any atom is -0.345 e. The van der Waals surface area contributed by atoms with Crippen molar-refractivity contribution >= 4 is 25.6 Å². The first-order valence-corrected chi connectivity index (χ1v) is 8.06. The van der Waals surface area contributed by atoms with E-state index in [0.717, 1.165) is 10.8 Å². The molecule has 0 atom stereocenters. The van der Waals surface area contributed by atoms with E-state index >= 15 is 0 Å². The van der Waals surface area contributed by atoms with Crippen LogP contribution in [-0.2, 0) is 20.4 Å². The molecule has 21 heavy (non-hydrogen) atoms. The van der Waals surface area contributed by atoms with Gasteiger partial charge in [-0.15, -0.1) is 0 Å². The fourth-order valence-corrected chi connectivity index (χ4v) is 2.20. The number of carbonyl (C=O) groups is 1. The Morgan fingerprint density at radius 3 is 2.48 bits per heavy atom. The number of aromatic nitrogens is 2. The first-order chi connectivity index (χ1) is 9.40. The summed E-state index contributed by atoms with van der Waals surface area (Å²) in [7, 11) is 1.07. The van der Waals surface area contributed by atoms with Gasteiger partial charge in [-0.05, 0) is 0 Å². The van der Waals surface area contributed by atoms with E-state index in [4.69, 9.17) is 10.7 Å². The molecule has 0 bridgehead atoms. The summed E-state index contributed by atoms with van der Waals surface area (Å²) in [5.74, 6) is -0.922. The molecule has 0 aliphatic heterocycles. The average Bonchev–Trinajstić information content (AvgIpc) is 2.69. The van der Waals surface area contributed by atoms with Crippen molar-refractivity contribution in [2.45, 2.75) is 37.5 Å². The molecule has 0 aliphatic rings. The summed E-state index contributed by atoms with van der Waals surface area (Å²) in [6, 6.07) is 0. The van der Waals surface area contributed by atoms with Crippen LogP contribution in [0.3, 0.4) is 0 Å². The second-order valence-electron chi connectivity index (χ2n) is 4.55. The Bertz CT molecular complexity index is 625. The molecule has 0 aromatic carbocycles. The molecule has 11 heteroatoms. The molecule has 0 saturated carbocycles. The van der Waals surface area contributed by atoms with Crippen LogP contribution in [-0.4, -0.2) is 36.6 Å². The van der Waals surface area contributed by atoms with E-state index in [2.05, 4.69) is 4.98 Å². The fraction of sp³-hybridized carbons (Fsp3) is 0.600. The smallest absolute Gasteiger partial charge is 0.345 e. The second kappa shape index (κ2) is 6.22. The summed E-state index contributed by atoms with van der Waals surface area (Å²) < 4.78 is 59.5. The van der Waals surface area contributed by atoms with E-state index in [1.54, 1.807) is 19.2 Å². The van der Waals surface area contributed by atoms with Crippen LogP contribution in [0, 0.1) is 0 Å². The number of amides is 1. The van der Waals surface area contributed by atoms with E-state index < -0.39 is 39.2 Å². The summed E-state index contributed by atoms with van der Waals surface area (Å²) in [4.78, 5) is 15.2. The molecule has 1 N–H and O–H groups in total. The van der Waals surface area contributed by atoms with E-state index in [9.17, 15) is 26.4 Å². The summed E-state index contributed by atoms with van der Waals surface area (Å²) in [6.45, 7) is 1.44. The third-order valence-corrected chi connectivity index (χ3v) is 3.52. The van der Waals surface area contributed by atoms with Crippen molar-refractivity contribution in [3.05, 3.63) is 12.0 Å². The lowest BCUT2D eigenvalue weighted by atomic mass is 10.2. The van der Waals surface area contributed by atoms with Crippen LogP contribution in [0.2, 0.25) is 0 Å². The normalized spacial score (nSPS) is 12.7. The van der Waals surface area contributed by atoms with Gasteiger partial charge in [0.15, 0.2) is 5.03 Å². The molecule has 1 aromatic rings. The van der Waals surface area contributed by atoms with E-state index in [1.165, 1.54) is 0 Å². The monoisotopic (exact) mass is 347 g/mol. The number of imidazole rings is 1. The lowest BCUT2D eigenvalue weighted by Gasteiger charge is -2.11. The standard InChI is InChI=1S/C10H13ClF3N3O3S/c1-6(2)9-16-8(21(11,19)20)4-17(9)3-7(18)15-5-10(12,13)14/h4,6H,3,5H2,1-2H3,(H,15,18). The number of hydrogen-bond donors (Lipinski definition) is 1. The van der Waals surface area contributed by atoms with Gasteiger partial charge in [0.25, 0.3) is 9.05 Å². The van der Waals surface area contributed by atoms with E-state index in [-0.39, 0.29) is 11.7 Å². The summed E-state index contributed by atoms with van der Waals surface area (Å²) in [6.07, 6.45) is -3.50. The molecule has 0 fully saturated rings. The second-order valence-corrected chi connectivity index (χ2v) is 7.06. The molecular weight excluding hydrogens is 335 g/mol. The summed E-state index contributed by atoms with van der Waals surface area (Å²) >= 11 is 0. The predicted octanol–water partition coefficient (Wildman–Crippen LogP) is 1.61. The summed E-state index contributed by atoms with van der Waals surface area (Å²) in [5.41, 5.74) is 0. The maximum atomic E-state index is 12.0. The topological polar surface area (TPSA) is 81.1 Å². The fourth-order valence-electron chi connectivity index (χ4n) is 1.52. The molecule has 6 nitrogen and oxygen atoms in total. The Balaban J connectivity index is 2.92. The van der Waals surface area contributed by atoms with Crippen molar-refractivity contribution < 1.29 is 26.4 Å². The predicted molar refractivity (Wildman–Crippen MR) is 68.4 cm³/mol. The van der Waals surface area contributed by atoms with Gasteiger partial charge in [0.1, 0.15) is 18.9 Å². The zero-order chi connectivity index (χ0) is 16.4. The van der Waals surface area contributed by atoms with Crippen LogP contribution >= 0.6 is 10.7 Å². The van der Waals surface area contributed by atoms with E-state index in [0.29, 0.717) is 0 Å². The molecule has 0 radical (unpaired) electrons. The van der Waals surface area contributed by atoms with Gasteiger partial charge in [-0.3, -0.25) is 4.79 Å². The van der Waals surface area contributed by atoms with Gasteiger partial charge in [-0.1, -0.05) is 13.8 Å². The van der Waals surface area contributed by atoms with Gasteiger partial charge in [-0.25, -0.2) is 13.4 Å². The summed E-state index contributed by atoms with van der Waals surface area (Å²) in [5, 5.41) is 1.24. The van der Waals surface area contributed by atoms with Gasteiger partial charge in [0.2, 0.25) is 5.91 Å². The molecule has 120 valence electrons. The molecule has 1 amide bonds. The van der Waals surface area contributed by atoms with Crippen LogP contribution in [0.1, 0.15) is 25.6 Å². The van der Waals surface area contributed by atoms with Crippen molar-refractivity contribution in [1.29, 1.82) is 0 Å². The van der Waals surface area contributed by atoms with Crippen LogP contribution in [0.15, 0.2) is 11.2 Å². The molecular formula is C10H13ClF3N3O3S. The van der Waals surface area contributed by atoms with Gasteiger partial charge in [-0.2, -0.15) is 13.2 Å². The first-order valence-electron chi connectivity index (χ1n) is 5.75. The van der Waals surface area contributed by atoms with Crippen LogP contribution in [0.5, 0.6) is 0 Å². The van der Waals surface area contributed by atoms with Crippen LogP contribution in [0.25, 0.3) is 0 Å². The van der Waals surface area contributed by atoms with Crippen molar-refractivity contribution in [1.82, 2.24) is 14.9 Å². The SMILES string of the molecule is CC(C)c1nc(S(=O)(=O)Cl)cn1CC(=O)NCC(F)(F)F. The minimum absolute atomic E-state index is 0.233. The molecule has 0 spiro atoms. The Morgan fingerprint density at radius 1 is 1.48 bits per heavy atom. The molecule has 0 aliphatic carbocycles. The van der Waals surface area contributed by atoms with Crippen molar-refractivity contribution in [3.63, 3.8) is 0 Å². The zero-order valence-electron chi connectivity index (χ0n) is 11.1. The zero-order valence-corrected chi connectivity index (χ0v) is 12.7. The highest BCUT2D eigenvalue weighted by molar-refractivity contribution is 8.13. The maximum absolute atomic E-state index is 12.0. The third-order valence-electron chi connectivity index (χ3n) is 2.35. The minimum atomic E-state index is -4.52. The number of rotatable bonds is 5. The van der Waals surface area contributed by atoms with Crippen LogP contribution < -0.4 is 5.32 Å². The highest BCUT2D eigenvalue weighted by atomic mass is 35.7. The van der Waals surface area contributed by atoms with Gasteiger partial charge >= 0.3 is 6.18 Å². The van der Waals surface area contributed by atoms with Crippen molar-refractivity contribution in [2.24, 2.45) is 0 Å². The Labute approximate surface area is 123 Å². The van der Waals surface area contributed by atoms with Crippen molar-refractivity contribution in [3.8, 4) is 0 Å². The molecule has 1 rings (SSSR count). The number of nitrogens with zero attached hydrogens (tertiary/aromatic N) is 2. The average molecular weight is 348 g/mol. The Morgan fingerprint density at radius 2 is 2.05 bits per heavy atom. The highest BCUT2D eigenvalue weighted by Gasteiger charge is 2.28. The molecule has 0 unspecified atom stereocenters. The molecule has 1 aromatic heterocycles. The van der Waals surface area contributed by atoms with E-state index in [1.807, 2.05) is 0 Å². The van der Waals surface area contributed by atoms with Gasteiger partial charge < -0.3 is 9.88 Å². The number of alkyl halides is 3. The number of halogens is 4. The Kier molecular flexibility index (Phi) is 5.26. The van der Waals surface area contributed by atoms with Crippen LogP contribution in [0.4, 0.5) is 13.2 Å². The highest BCUT2D eigenvalue weighted by Crippen LogP contribution is 2.20. The molecule has 1 heterocycles.